The molecule has 1 aliphatic rings. The molecule has 0 unspecified atom stereocenters. The molecule has 1 atom stereocenters. The number of aryl methyl sites for hydroxylation is 2. The number of hydrogen-bond donors (Lipinski definition) is 0. The highest BCUT2D eigenvalue weighted by atomic mass is 32.2. The molecule has 33 heavy (non-hydrogen) atoms. The second-order valence-electron chi connectivity index (χ2n) is 7.99. The number of benzene rings is 2. The summed E-state index contributed by atoms with van der Waals surface area (Å²) in [5, 5.41) is 19.1. The van der Waals surface area contributed by atoms with Crippen molar-refractivity contribution < 1.29 is 9.53 Å². The first-order chi connectivity index (χ1) is 15.9. The first-order valence-electron chi connectivity index (χ1n) is 10.9. The molecule has 4 rings (SSSR count). The van der Waals surface area contributed by atoms with Gasteiger partial charge in [-0.15, -0.1) is 10.2 Å². The highest BCUT2D eigenvalue weighted by Gasteiger charge is 2.36. The van der Waals surface area contributed by atoms with Crippen LogP contribution < -0.4 is 9.64 Å². The minimum Gasteiger partial charge on any atom is -0.447 e. The van der Waals surface area contributed by atoms with Crippen LogP contribution in [0.1, 0.15) is 55.2 Å². The summed E-state index contributed by atoms with van der Waals surface area (Å²) in [5.41, 5.74) is 4.86. The van der Waals surface area contributed by atoms with Crippen LogP contribution in [-0.4, -0.2) is 26.8 Å². The fourth-order valence-electron chi connectivity index (χ4n) is 3.99. The third kappa shape index (κ3) is 4.41. The van der Waals surface area contributed by atoms with E-state index in [0.29, 0.717) is 33.5 Å². The van der Waals surface area contributed by atoms with Crippen LogP contribution in [0.3, 0.4) is 0 Å². The second-order valence-corrected chi connectivity index (χ2v) is 9.05. The summed E-state index contributed by atoms with van der Waals surface area (Å²) in [6.07, 6.45) is 1.25. The Morgan fingerprint density at radius 2 is 2.03 bits per heavy atom. The van der Waals surface area contributed by atoms with Crippen molar-refractivity contribution >= 4 is 23.4 Å². The molecule has 0 saturated heterocycles. The van der Waals surface area contributed by atoms with Gasteiger partial charge < -0.3 is 4.74 Å². The maximum absolute atomic E-state index is 13.0. The van der Waals surface area contributed by atoms with Gasteiger partial charge in [0.1, 0.15) is 0 Å². The number of aromatic nitrogens is 3. The van der Waals surface area contributed by atoms with Gasteiger partial charge in [-0.05, 0) is 38.0 Å². The van der Waals surface area contributed by atoms with Crippen molar-refractivity contribution in [2.45, 2.75) is 51.9 Å². The Balaban J connectivity index is 1.96. The number of amides is 1. The normalized spacial score (nSPS) is 14.5. The van der Waals surface area contributed by atoms with E-state index in [9.17, 15) is 10.1 Å². The van der Waals surface area contributed by atoms with Crippen molar-refractivity contribution in [3.8, 4) is 23.2 Å². The molecule has 0 bridgehead atoms. The Morgan fingerprint density at radius 3 is 2.76 bits per heavy atom. The molecule has 0 aliphatic carbocycles. The summed E-state index contributed by atoms with van der Waals surface area (Å²) >= 11 is 1.53. The predicted molar refractivity (Wildman–Crippen MR) is 128 cm³/mol. The van der Waals surface area contributed by atoms with E-state index >= 15 is 0 Å². The average molecular weight is 460 g/mol. The number of nitrogens with zero attached hydrogens (tertiary/aromatic N) is 5. The molecule has 1 amide bonds. The molecule has 0 fully saturated rings. The SMILES string of the molecule is CCCCSc1nnc2c(n1)O[C@@H](c1ccccc1C#N)N(C(C)=O)c1c(C)cc(C)cc1-2. The Kier molecular flexibility index (Phi) is 6.61. The molecule has 168 valence electrons. The van der Waals surface area contributed by atoms with Crippen molar-refractivity contribution in [2.75, 3.05) is 10.7 Å². The van der Waals surface area contributed by atoms with Crippen LogP contribution in [-0.2, 0) is 4.79 Å². The maximum Gasteiger partial charge on any atom is 0.247 e. The number of rotatable bonds is 5. The zero-order valence-electron chi connectivity index (χ0n) is 19.1. The number of nitriles is 1. The zero-order chi connectivity index (χ0) is 23.5. The van der Waals surface area contributed by atoms with E-state index in [0.717, 1.165) is 35.3 Å². The summed E-state index contributed by atoms with van der Waals surface area (Å²) in [7, 11) is 0. The van der Waals surface area contributed by atoms with Gasteiger partial charge in [0, 0.05) is 23.8 Å². The number of hydrogen-bond acceptors (Lipinski definition) is 7. The molecule has 2 heterocycles. The minimum absolute atomic E-state index is 0.209. The van der Waals surface area contributed by atoms with Crippen LogP contribution in [0.15, 0.2) is 41.6 Å². The van der Waals surface area contributed by atoms with Gasteiger partial charge in [0.25, 0.3) is 0 Å². The summed E-state index contributed by atoms with van der Waals surface area (Å²) in [6.45, 7) is 7.58. The molecule has 7 nitrogen and oxygen atoms in total. The van der Waals surface area contributed by atoms with E-state index in [1.807, 2.05) is 32.0 Å². The maximum atomic E-state index is 13.0. The van der Waals surface area contributed by atoms with Crippen LogP contribution in [0.4, 0.5) is 5.69 Å². The highest BCUT2D eigenvalue weighted by Crippen LogP contribution is 2.45. The van der Waals surface area contributed by atoms with Crippen molar-refractivity contribution in [3.05, 3.63) is 58.7 Å². The van der Waals surface area contributed by atoms with Crippen molar-refractivity contribution in [1.29, 1.82) is 5.26 Å². The fourth-order valence-corrected chi connectivity index (χ4v) is 4.85. The van der Waals surface area contributed by atoms with Crippen LogP contribution >= 0.6 is 11.8 Å². The fraction of sp³-hybridized carbons (Fsp3) is 0.320. The topological polar surface area (TPSA) is 92.0 Å². The molecule has 0 radical (unpaired) electrons. The first kappa shape index (κ1) is 22.7. The van der Waals surface area contributed by atoms with Crippen LogP contribution in [0, 0.1) is 25.2 Å². The number of fused-ring (bicyclic) bond motifs is 3. The molecule has 8 heteroatoms. The monoisotopic (exact) mass is 459 g/mol. The first-order valence-corrected chi connectivity index (χ1v) is 11.9. The van der Waals surface area contributed by atoms with Crippen molar-refractivity contribution in [1.82, 2.24) is 15.2 Å². The minimum atomic E-state index is -0.870. The van der Waals surface area contributed by atoms with Gasteiger partial charge in [-0.1, -0.05) is 54.9 Å². The number of thioether (sulfide) groups is 1. The van der Waals surface area contributed by atoms with Crippen LogP contribution in [0.5, 0.6) is 5.88 Å². The quantitative estimate of drug-likeness (QED) is 0.374. The second kappa shape index (κ2) is 9.59. The van der Waals surface area contributed by atoms with E-state index < -0.39 is 6.23 Å². The zero-order valence-corrected chi connectivity index (χ0v) is 19.9. The third-order valence-corrected chi connectivity index (χ3v) is 6.37. The van der Waals surface area contributed by atoms with Gasteiger partial charge in [0.2, 0.25) is 23.2 Å². The average Bonchev–Trinajstić information content (AvgIpc) is 2.94. The molecular weight excluding hydrogens is 434 g/mol. The summed E-state index contributed by atoms with van der Waals surface area (Å²) in [6, 6.07) is 13.4. The Labute approximate surface area is 197 Å². The van der Waals surface area contributed by atoms with E-state index in [2.05, 4.69) is 28.2 Å². The summed E-state index contributed by atoms with van der Waals surface area (Å²) in [5.74, 6) is 0.975. The Hall–Kier alpha value is -3.44. The number of anilines is 1. The molecule has 2 aromatic carbocycles. The number of unbranched alkanes of at least 4 members (excludes halogenated alkanes) is 1. The van der Waals surface area contributed by atoms with Gasteiger partial charge in [-0.3, -0.25) is 9.69 Å². The summed E-state index contributed by atoms with van der Waals surface area (Å²) < 4.78 is 6.41. The number of carbonyl (C=O) groups is 1. The molecule has 1 aromatic heterocycles. The lowest BCUT2D eigenvalue weighted by molar-refractivity contribution is -0.118. The third-order valence-electron chi connectivity index (χ3n) is 5.45. The van der Waals surface area contributed by atoms with E-state index in [-0.39, 0.29) is 5.91 Å². The lowest BCUT2D eigenvalue weighted by atomic mass is 9.99. The molecule has 1 aliphatic heterocycles. The van der Waals surface area contributed by atoms with Gasteiger partial charge >= 0.3 is 0 Å². The highest BCUT2D eigenvalue weighted by molar-refractivity contribution is 7.99. The largest absolute Gasteiger partial charge is 0.447 e. The van der Waals surface area contributed by atoms with Gasteiger partial charge in [-0.2, -0.15) is 10.2 Å². The van der Waals surface area contributed by atoms with E-state index in [4.69, 9.17) is 4.74 Å². The molecular formula is C25H25N5O2S. The lowest BCUT2D eigenvalue weighted by Crippen LogP contribution is -2.37. The number of carbonyl (C=O) groups excluding carboxylic acids is 1. The molecule has 3 aromatic rings. The van der Waals surface area contributed by atoms with Gasteiger partial charge in [-0.25, -0.2) is 0 Å². The number of ether oxygens (including phenoxy) is 1. The van der Waals surface area contributed by atoms with Crippen LogP contribution in [0.2, 0.25) is 0 Å². The van der Waals surface area contributed by atoms with Gasteiger partial charge in [0.05, 0.1) is 17.3 Å². The van der Waals surface area contributed by atoms with E-state index in [1.54, 1.807) is 23.1 Å². The van der Waals surface area contributed by atoms with Crippen LogP contribution in [0.25, 0.3) is 11.3 Å². The predicted octanol–water partition coefficient (Wildman–Crippen LogP) is 5.36. The Bertz CT molecular complexity index is 1250. The van der Waals surface area contributed by atoms with Crippen molar-refractivity contribution in [2.24, 2.45) is 0 Å². The Morgan fingerprint density at radius 1 is 1.24 bits per heavy atom. The van der Waals surface area contributed by atoms with E-state index in [1.165, 1.54) is 18.7 Å². The molecule has 0 N–H and O–H groups in total. The standard InChI is InChI=1S/C25H25N5O2S/c1-5-6-11-33-25-27-23-21(28-29-25)20-13-15(2)12-16(3)22(20)30(17(4)31)24(32-23)19-10-8-7-9-18(19)14-26/h7-10,12-13,24H,5-6,11H2,1-4H3/t24-/m0/s1. The van der Waals surface area contributed by atoms with Gasteiger partial charge in [0.15, 0.2) is 5.69 Å². The molecule has 0 saturated carbocycles. The summed E-state index contributed by atoms with van der Waals surface area (Å²) in [4.78, 5) is 19.3. The van der Waals surface area contributed by atoms with Crippen molar-refractivity contribution in [3.63, 3.8) is 0 Å². The molecule has 0 spiro atoms. The smallest absolute Gasteiger partial charge is 0.247 e. The lowest BCUT2D eigenvalue weighted by Gasteiger charge is -2.31.